The minimum atomic E-state index is -0.637. The monoisotopic (exact) mass is 507 g/mol. The molecule has 0 aromatic heterocycles. The Hall–Kier alpha value is -3.15. The fourth-order valence-corrected chi connectivity index (χ4v) is 4.48. The van der Waals surface area contributed by atoms with Crippen molar-refractivity contribution in [2.24, 2.45) is 10.9 Å². The van der Waals surface area contributed by atoms with E-state index in [0.29, 0.717) is 27.1 Å². The minimum Gasteiger partial charge on any atom is -0.324 e. The quantitative estimate of drug-likeness (QED) is 0.411. The lowest BCUT2D eigenvalue weighted by molar-refractivity contribution is -0.123. The average Bonchev–Trinajstić information content (AvgIpc) is 2.96. The van der Waals surface area contributed by atoms with E-state index in [0.717, 1.165) is 23.1 Å². The molecule has 1 aliphatic heterocycles. The van der Waals surface area contributed by atoms with Crippen molar-refractivity contribution in [1.82, 2.24) is 0 Å². The predicted octanol–water partition coefficient (Wildman–Crippen LogP) is 6.54. The lowest BCUT2D eigenvalue weighted by atomic mass is 9.98. The van der Waals surface area contributed by atoms with Gasteiger partial charge in [-0.05, 0) is 48.7 Å². The third kappa shape index (κ3) is 5.26. The van der Waals surface area contributed by atoms with Gasteiger partial charge in [0.05, 0.1) is 11.4 Å². The van der Waals surface area contributed by atoms with Crippen LogP contribution in [0.2, 0.25) is 10.0 Å². The molecule has 0 spiro atoms. The van der Waals surface area contributed by atoms with E-state index < -0.39 is 6.04 Å². The number of hydrogen-bond acceptors (Lipinski definition) is 3. The van der Waals surface area contributed by atoms with Gasteiger partial charge in [-0.1, -0.05) is 79.9 Å². The summed E-state index contributed by atoms with van der Waals surface area (Å²) in [6, 6.07) is 19.7. The van der Waals surface area contributed by atoms with Gasteiger partial charge in [0, 0.05) is 26.9 Å². The summed E-state index contributed by atoms with van der Waals surface area (Å²) in [5.74, 6) is -0.561. The highest BCUT2D eigenvalue weighted by molar-refractivity contribution is 6.32. The second-order valence-corrected chi connectivity index (χ2v) is 9.56. The Morgan fingerprint density at radius 3 is 2.54 bits per heavy atom. The number of rotatable bonds is 6. The van der Waals surface area contributed by atoms with Crippen LogP contribution in [-0.2, 0) is 9.59 Å². The predicted molar refractivity (Wildman–Crippen MR) is 144 cm³/mol. The number of halogens is 2. The maximum Gasteiger partial charge on any atom is 0.252 e. The van der Waals surface area contributed by atoms with Crippen LogP contribution in [0, 0.1) is 12.8 Å². The van der Waals surface area contributed by atoms with Crippen molar-refractivity contribution in [2.75, 3.05) is 16.8 Å². The standard InChI is InChI=1S/C28H27Cl2N3O2/c1-4-17(2)26-28(35)33(16-25(34)31-23-12-8-11-22(30)18(23)3)24-14-13-20(29)15-21(24)27(32-26)19-9-6-5-7-10-19/h5-15,17,26H,4,16H2,1-3H3,(H,31,34). The average molecular weight is 508 g/mol. The van der Waals surface area contributed by atoms with Crippen LogP contribution in [0.25, 0.3) is 0 Å². The molecule has 3 aromatic carbocycles. The number of fused-ring (bicyclic) bond motifs is 1. The fourth-order valence-electron chi connectivity index (χ4n) is 4.13. The van der Waals surface area contributed by atoms with Crippen LogP contribution in [0.1, 0.15) is 37.0 Å². The Morgan fingerprint density at radius 2 is 1.83 bits per heavy atom. The van der Waals surface area contributed by atoms with Crippen molar-refractivity contribution in [1.29, 1.82) is 0 Å². The van der Waals surface area contributed by atoms with E-state index in [1.165, 1.54) is 4.90 Å². The van der Waals surface area contributed by atoms with E-state index >= 15 is 0 Å². The van der Waals surface area contributed by atoms with Gasteiger partial charge in [-0.2, -0.15) is 0 Å². The van der Waals surface area contributed by atoms with Crippen molar-refractivity contribution in [3.8, 4) is 0 Å². The van der Waals surface area contributed by atoms with Gasteiger partial charge in [0.15, 0.2) is 0 Å². The number of nitrogens with zero attached hydrogens (tertiary/aromatic N) is 2. The molecule has 35 heavy (non-hydrogen) atoms. The Morgan fingerprint density at radius 1 is 1.09 bits per heavy atom. The number of benzodiazepines with no additional fused rings is 1. The van der Waals surface area contributed by atoms with Gasteiger partial charge in [0.25, 0.3) is 5.91 Å². The lowest BCUT2D eigenvalue weighted by Gasteiger charge is -2.27. The summed E-state index contributed by atoms with van der Waals surface area (Å²) in [4.78, 5) is 33.5. The first-order valence-electron chi connectivity index (χ1n) is 11.6. The van der Waals surface area contributed by atoms with Crippen LogP contribution in [0.4, 0.5) is 11.4 Å². The summed E-state index contributed by atoms with van der Waals surface area (Å²) in [5, 5.41) is 3.99. The third-order valence-electron chi connectivity index (χ3n) is 6.37. The summed E-state index contributed by atoms with van der Waals surface area (Å²) in [5.41, 5.74) is 4.28. The minimum absolute atomic E-state index is 0.0215. The van der Waals surface area contributed by atoms with Gasteiger partial charge < -0.3 is 10.2 Å². The van der Waals surface area contributed by atoms with Gasteiger partial charge in [0.2, 0.25) is 5.91 Å². The van der Waals surface area contributed by atoms with E-state index in [4.69, 9.17) is 28.2 Å². The molecule has 0 fully saturated rings. The smallest absolute Gasteiger partial charge is 0.252 e. The molecular formula is C28H27Cl2N3O2. The molecule has 5 nitrogen and oxygen atoms in total. The van der Waals surface area contributed by atoms with Crippen LogP contribution in [-0.4, -0.2) is 30.1 Å². The Bertz CT molecular complexity index is 1290. The number of carbonyl (C=O) groups is 2. The molecule has 1 heterocycles. The van der Waals surface area contributed by atoms with E-state index in [2.05, 4.69) is 5.32 Å². The molecule has 0 radical (unpaired) electrons. The van der Waals surface area contributed by atoms with Gasteiger partial charge >= 0.3 is 0 Å². The van der Waals surface area contributed by atoms with E-state index in [1.807, 2.05) is 51.1 Å². The molecular weight excluding hydrogens is 481 g/mol. The molecule has 0 saturated carbocycles. The molecule has 2 unspecified atom stereocenters. The SMILES string of the molecule is CCC(C)C1N=C(c2ccccc2)c2cc(Cl)ccc2N(CC(=O)Nc2cccc(Cl)c2C)C1=O. The summed E-state index contributed by atoms with van der Waals surface area (Å²) in [6.45, 7) is 5.71. The van der Waals surface area contributed by atoms with Crippen LogP contribution < -0.4 is 10.2 Å². The number of hydrogen-bond donors (Lipinski definition) is 1. The summed E-state index contributed by atoms with van der Waals surface area (Å²) < 4.78 is 0. The van der Waals surface area contributed by atoms with Gasteiger partial charge in [0.1, 0.15) is 12.6 Å². The number of anilines is 2. The van der Waals surface area contributed by atoms with Crippen LogP contribution in [0.5, 0.6) is 0 Å². The molecule has 2 atom stereocenters. The summed E-state index contributed by atoms with van der Waals surface area (Å²) in [6.07, 6.45) is 0.765. The number of benzene rings is 3. The van der Waals surface area contributed by atoms with E-state index in [9.17, 15) is 9.59 Å². The van der Waals surface area contributed by atoms with Crippen LogP contribution >= 0.6 is 23.2 Å². The first-order valence-corrected chi connectivity index (χ1v) is 12.3. The second kappa shape index (κ2) is 10.6. The van der Waals surface area contributed by atoms with E-state index in [1.54, 1.807) is 36.4 Å². The summed E-state index contributed by atoms with van der Waals surface area (Å²) in [7, 11) is 0. The fraction of sp³-hybridized carbons (Fsp3) is 0.250. The zero-order valence-electron chi connectivity index (χ0n) is 19.9. The molecule has 7 heteroatoms. The lowest BCUT2D eigenvalue weighted by Crippen LogP contribution is -2.44. The Kier molecular flexibility index (Phi) is 7.58. The summed E-state index contributed by atoms with van der Waals surface area (Å²) >= 11 is 12.6. The molecule has 2 amide bonds. The molecule has 3 aromatic rings. The molecule has 1 aliphatic rings. The topological polar surface area (TPSA) is 61.8 Å². The third-order valence-corrected chi connectivity index (χ3v) is 7.01. The Labute approximate surface area is 215 Å². The van der Waals surface area contributed by atoms with Crippen LogP contribution in [0.3, 0.4) is 0 Å². The first kappa shape index (κ1) is 25.0. The highest BCUT2D eigenvalue weighted by atomic mass is 35.5. The van der Waals surface area contributed by atoms with Gasteiger partial charge in [-0.15, -0.1) is 0 Å². The number of nitrogens with one attached hydrogen (secondary N) is 1. The molecule has 1 N–H and O–H groups in total. The van der Waals surface area contributed by atoms with Gasteiger partial charge in [-0.25, -0.2) is 0 Å². The maximum atomic E-state index is 13.9. The largest absolute Gasteiger partial charge is 0.324 e. The maximum absolute atomic E-state index is 13.9. The van der Waals surface area contributed by atoms with Crippen molar-refractivity contribution in [2.45, 2.75) is 33.2 Å². The van der Waals surface area contributed by atoms with Crippen molar-refractivity contribution < 1.29 is 9.59 Å². The Balaban J connectivity index is 1.78. The van der Waals surface area contributed by atoms with Crippen molar-refractivity contribution in [3.05, 3.63) is 93.5 Å². The number of amides is 2. The molecule has 4 rings (SSSR count). The number of carbonyl (C=O) groups excluding carboxylic acids is 2. The van der Waals surface area contributed by atoms with Gasteiger partial charge in [-0.3, -0.25) is 14.6 Å². The highest BCUT2D eigenvalue weighted by Gasteiger charge is 2.35. The molecule has 0 saturated heterocycles. The molecule has 0 aliphatic carbocycles. The second-order valence-electron chi connectivity index (χ2n) is 8.72. The highest BCUT2D eigenvalue weighted by Crippen LogP contribution is 2.33. The van der Waals surface area contributed by atoms with Crippen LogP contribution in [0.15, 0.2) is 71.7 Å². The molecule has 0 bridgehead atoms. The first-order chi connectivity index (χ1) is 16.8. The van der Waals surface area contributed by atoms with E-state index in [-0.39, 0.29) is 24.3 Å². The normalized spacial score (nSPS) is 16.3. The number of aliphatic imine (C=N–C) groups is 1. The van der Waals surface area contributed by atoms with Crippen molar-refractivity contribution >= 4 is 52.1 Å². The zero-order chi connectivity index (χ0) is 25.1. The molecule has 180 valence electrons. The van der Waals surface area contributed by atoms with Crippen molar-refractivity contribution in [3.63, 3.8) is 0 Å². The zero-order valence-corrected chi connectivity index (χ0v) is 21.4.